The van der Waals surface area contributed by atoms with Crippen LogP contribution >= 0.6 is 15.9 Å². The highest BCUT2D eigenvalue weighted by molar-refractivity contribution is 9.10. The Kier molecular flexibility index (Phi) is 10.6. The SMILES string of the molecule is C=CCc1cc(/C=N\NC(=O)[C@H]2CC(=O)N(c3ccc(OCC)cc3)C2)cc(OCC)c1OCc1ccc(Br)cc1. The number of benzene rings is 3. The van der Waals surface area contributed by atoms with Crippen LogP contribution < -0.4 is 24.5 Å². The van der Waals surface area contributed by atoms with Gasteiger partial charge in [0.2, 0.25) is 11.8 Å². The van der Waals surface area contributed by atoms with E-state index in [1.165, 1.54) is 0 Å². The number of nitrogens with one attached hydrogen (secondary N) is 1. The van der Waals surface area contributed by atoms with Crippen LogP contribution in [0.5, 0.6) is 17.2 Å². The highest BCUT2D eigenvalue weighted by atomic mass is 79.9. The number of anilines is 1. The second-order valence-corrected chi connectivity index (χ2v) is 10.3. The standard InChI is InChI=1S/C32H34BrN3O5/c1-4-7-24-16-23(17-29(40-6-3)31(24)41-21-22-8-10-26(33)11-9-22)19-34-35-32(38)25-18-30(37)36(20-25)27-12-14-28(15-13-27)39-5-2/h4,8-17,19,25H,1,5-7,18,20-21H2,2-3H3,(H,35,38)/b34-19-/t25-/m0/s1. The average Bonchev–Trinajstić information content (AvgIpc) is 3.36. The van der Waals surface area contributed by atoms with E-state index >= 15 is 0 Å². The molecule has 1 saturated heterocycles. The first-order valence-electron chi connectivity index (χ1n) is 13.6. The normalized spacial score (nSPS) is 14.8. The van der Waals surface area contributed by atoms with Gasteiger partial charge in [0.05, 0.1) is 25.3 Å². The van der Waals surface area contributed by atoms with Gasteiger partial charge < -0.3 is 19.1 Å². The summed E-state index contributed by atoms with van der Waals surface area (Å²) >= 11 is 3.45. The molecule has 0 radical (unpaired) electrons. The summed E-state index contributed by atoms with van der Waals surface area (Å²) in [5, 5.41) is 4.18. The van der Waals surface area contributed by atoms with Crippen molar-refractivity contribution in [1.82, 2.24) is 5.43 Å². The molecule has 0 spiro atoms. The molecular formula is C32H34BrN3O5. The second-order valence-electron chi connectivity index (χ2n) is 9.41. The van der Waals surface area contributed by atoms with Gasteiger partial charge in [-0.1, -0.05) is 34.1 Å². The Morgan fingerprint density at radius 2 is 1.80 bits per heavy atom. The second kappa shape index (κ2) is 14.5. The molecule has 0 aliphatic carbocycles. The molecule has 0 aromatic heterocycles. The summed E-state index contributed by atoms with van der Waals surface area (Å²) in [6, 6.07) is 19.0. The zero-order chi connectivity index (χ0) is 29.2. The van der Waals surface area contributed by atoms with Crippen molar-refractivity contribution in [1.29, 1.82) is 0 Å². The van der Waals surface area contributed by atoms with Crippen LogP contribution in [0.4, 0.5) is 5.69 Å². The van der Waals surface area contributed by atoms with Crippen LogP contribution in [0.25, 0.3) is 0 Å². The van der Waals surface area contributed by atoms with Gasteiger partial charge in [-0.05, 0) is 79.9 Å². The van der Waals surface area contributed by atoms with Crippen molar-refractivity contribution in [3.63, 3.8) is 0 Å². The Morgan fingerprint density at radius 1 is 1.07 bits per heavy atom. The van der Waals surface area contributed by atoms with E-state index in [2.05, 4.69) is 33.0 Å². The number of carbonyl (C=O) groups excluding carboxylic acids is 2. The molecule has 41 heavy (non-hydrogen) atoms. The molecule has 1 fully saturated rings. The van der Waals surface area contributed by atoms with Gasteiger partial charge in [0.25, 0.3) is 0 Å². The lowest BCUT2D eigenvalue weighted by Gasteiger charge is -2.17. The first-order valence-corrected chi connectivity index (χ1v) is 14.3. The highest BCUT2D eigenvalue weighted by Crippen LogP contribution is 2.34. The van der Waals surface area contributed by atoms with Crippen molar-refractivity contribution in [2.24, 2.45) is 11.0 Å². The van der Waals surface area contributed by atoms with Crippen molar-refractivity contribution < 1.29 is 23.8 Å². The lowest BCUT2D eigenvalue weighted by Crippen LogP contribution is -2.30. The van der Waals surface area contributed by atoms with Crippen LogP contribution in [-0.2, 0) is 22.6 Å². The van der Waals surface area contributed by atoms with Crippen LogP contribution in [0.3, 0.4) is 0 Å². The third-order valence-corrected chi connectivity index (χ3v) is 6.99. The fourth-order valence-corrected chi connectivity index (χ4v) is 4.78. The van der Waals surface area contributed by atoms with E-state index in [0.717, 1.165) is 32.6 Å². The molecule has 3 aromatic carbocycles. The molecule has 8 nitrogen and oxygen atoms in total. The first kappa shape index (κ1) is 29.9. The van der Waals surface area contributed by atoms with E-state index < -0.39 is 5.92 Å². The van der Waals surface area contributed by atoms with Crippen molar-refractivity contribution >= 4 is 39.6 Å². The van der Waals surface area contributed by atoms with E-state index in [9.17, 15) is 9.59 Å². The predicted molar refractivity (Wildman–Crippen MR) is 164 cm³/mol. The molecule has 0 saturated carbocycles. The topological polar surface area (TPSA) is 89.5 Å². The quantitative estimate of drug-likeness (QED) is 0.143. The Balaban J connectivity index is 1.42. The number of amides is 2. The van der Waals surface area contributed by atoms with Crippen molar-refractivity contribution in [3.8, 4) is 17.2 Å². The molecule has 9 heteroatoms. The Morgan fingerprint density at radius 3 is 2.49 bits per heavy atom. The number of halogens is 1. The van der Waals surface area contributed by atoms with Crippen molar-refractivity contribution in [2.75, 3.05) is 24.7 Å². The van der Waals surface area contributed by atoms with E-state index in [-0.39, 0.29) is 24.8 Å². The van der Waals surface area contributed by atoms with Crippen LogP contribution in [-0.4, -0.2) is 37.8 Å². The van der Waals surface area contributed by atoms with Gasteiger partial charge in [-0.25, -0.2) is 5.43 Å². The number of rotatable bonds is 13. The third kappa shape index (κ3) is 7.98. The summed E-state index contributed by atoms with van der Waals surface area (Å²) in [7, 11) is 0. The predicted octanol–water partition coefficient (Wildman–Crippen LogP) is 6.06. The molecule has 1 heterocycles. The Hall–Kier alpha value is -4.11. The number of nitrogens with zero attached hydrogens (tertiary/aromatic N) is 2. The zero-order valence-electron chi connectivity index (χ0n) is 23.3. The number of hydrazone groups is 1. The third-order valence-electron chi connectivity index (χ3n) is 6.46. The fraction of sp³-hybridized carbons (Fsp3) is 0.281. The van der Waals surface area contributed by atoms with Gasteiger partial charge in [-0.3, -0.25) is 9.59 Å². The number of hydrogen-bond acceptors (Lipinski definition) is 6. The van der Waals surface area contributed by atoms with Gasteiger partial charge >= 0.3 is 0 Å². The fourth-order valence-electron chi connectivity index (χ4n) is 4.51. The van der Waals surface area contributed by atoms with Crippen LogP contribution in [0.15, 0.2) is 82.9 Å². The molecule has 3 aromatic rings. The molecule has 2 amide bonds. The van der Waals surface area contributed by atoms with E-state index in [0.29, 0.717) is 37.7 Å². The number of ether oxygens (including phenoxy) is 3. The van der Waals surface area contributed by atoms with Crippen LogP contribution in [0.2, 0.25) is 0 Å². The average molecular weight is 621 g/mol. The van der Waals surface area contributed by atoms with Gasteiger partial charge in [-0.2, -0.15) is 5.10 Å². The van der Waals surface area contributed by atoms with E-state index in [1.54, 1.807) is 17.2 Å². The van der Waals surface area contributed by atoms with Gasteiger partial charge in [0.1, 0.15) is 12.4 Å². The van der Waals surface area contributed by atoms with Crippen molar-refractivity contribution in [3.05, 3.63) is 94.5 Å². The monoisotopic (exact) mass is 619 g/mol. The Labute approximate surface area is 249 Å². The van der Waals surface area contributed by atoms with Gasteiger partial charge in [-0.15, -0.1) is 6.58 Å². The number of hydrogen-bond donors (Lipinski definition) is 1. The molecule has 0 bridgehead atoms. The van der Waals surface area contributed by atoms with Crippen LogP contribution in [0.1, 0.15) is 37.0 Å². The minimum Gasteiger partial charge on any atom is -0.494 e. The maximum atomic E-state index is 12.8. The van der Waals surface area contributed by atoms with Gasteiger partial charge in [0.15, 0.2) is 11.5 Å². The van der Waals surface area contributed by atoms with Crippen LogP contribution in [0, 0.1) is 5.92 Å². The Bertz CT molecular complexity index is 1390. The molecule has 1 aliphatic rings. The molecular weight excluding hydrogens is 586 g/mol. The zero-order valence-corrected chi connectivity index (χ0v) is 24.9. The number of allylic oxidation sites excluding steroid dienone is 1. The smallest absolute Gasteiger partial charge is 0.245 e. The molecule has 4 rings (SSSR count). The molecule has 0 unspecified atom stereocenters. The largest absolute Gasteiger partial charge is 0.494 e. The summed E-state index contributed by atoms with van der Waals surface area (Å²) in [6.07, 6.45) is 4.05. The summed E-state index contributed by atoms with van der Waals surface area (Å²) < 4.78 is 18.6. The minimum absolute atomic E-state index is 0.104. The summed E-state index contributed by atoms with van der Waals surface area (Å²) in [5.74, 6) is 1.05. The van der Waals surface area contributed by atoms with E-state index in [1.807, 2.05) is 74.5 Å². The summed E-state index contributed by atoms with van der Waals surface area (Å²) in [5.41, 5.74) is 5.99. The molecule has 214 valence electrons. The lowest BCUT2D eigenvalue weighted by atomic mass is 10.1. The maximum absolute atomic E-state index is 12.8. The molecule has 1 aliphatic heterocycles. The highest BCUT2D eigenvalue weighted by Gasteiger charge is 2.35. The molecule has 1 N–H and O–H groups in total. The lowest BCUT2D eigenvalue weighted by molar-refractivity contribution is -0.126. The minimum atomic E-state index is -0.504. The first-order chi connectivity index (χ1) is 19.9. The van der Waals surface area contributed by atoms with Gasteiger partial charge in [0, 0.05) is 28.7 Å². The van der Waals surface area contributed by atoms with Crippen molar-refractivity contribution in [2.45, 2.75) is 33.3 Å². The summed E-state index contributed by atoms with van der Waals surface area (Å²) in [4.78, 5) is 27.1. The maximum Gasteiger partial charge on any atom is 0.245 e. The molecule has 1 atom stereocenters. The summed E-state index contributed by atoms with van der Waals surface area (Å²) in [6.45, 7) is 9.40. The van der Waals surface area contributed by atoms with E-state index in [4.69, 9.17) is 14.2 Å². The number of carbonyl (C=O) groups is 2.